The molecule has 0 aliphatic rings. The molecule has 0 radical (unpaired) electrons. The third-order valence-electron chi connectivity index (χ3n) is 2.35. The Labute approximate surface area is 91.7 Å². The van der Waals surface area contributed by atoms with Crippen molar-refractivity contribution in [3.05, 3.63) is 35.4 Å². The number of hydrogen-bond donors (Lipinski definition) is 1. The number of hydrogen-bond acceptors (Lipinski definition) is 1. The zero-order chi connectivity index (χ0) is 11.5. The highest BCUT2D eigenvalue weighted by Gasteiger charge is 2.13. The van der Waals surface area contributed by atoms with Crippen molar-refractivity contribution in [3.63, 3.8) is 0 Å². The summed E-state index contributed by atoms with van der Waals surface area (Å²) in [6.07, 6.45) is 0. The maximum atomic E-state index is 11.5. The molecule has 0 saturated heterocycles. The van der Waals surface area contributed by atoms with E-state index in [1.165, 1.54) is 5.56 Å². The summed E-state index contributed by atoms with van der Waals surface area (Å²) in [5, 5.41) is 2.78. The Kier molecular flexibility index (Phi) is 3.51. The maximum Gasteiger partial charge on any atom is 0.251 e. The van der Waals surface area contributed by atoms with Gasteiger partial charge in [0.2, 0.25) is 0 Å². The molecule has 0 unspecified atom stereocenters. The number of nitrogens with one attached hydrogen (secondary N) is 1. The quantitative estimate of drug-likeness (QED) is 0.790. The maximum absolute atomic E-state index is 11.5. The van der Waals surface area contributed by atoms with E-state index in [1.807, 2.05) is 31.2 Å². The third kappa shape index (κ3) is 3.08. The second-order valence-corrected chi connectivity index (χ2v) is 4.69. The fourth-order valence-electron chi connectivity index (χ4n) is 1.38. The van der Waals surface area contributed by atoms with Crippen LogP contribution in [0.15, 0.2) is 24.3 Å². The molecule has 2 nitrogen and oxygen atoms in total. The topological polar surface area (TPSA) is 29.1 Å². The fourth-order valence-corrected chi connectivity index (χ4v) is 1.38. The first-order chi connectivity index (χ1) is 6.95. The van der Waals surface area contributed by atoms with Gasteiger partial charge in [0, 0.05) is 12.1 Å². The van der Waals surface area contributed by atoms with E-state index in [2.05, 4.69) is 26.1 Å². The molecule has 0 spiro atoms. The summed E-state index contributed by atoms with van der Waals surface area (Å²) >= 11 is 0. The minimum Gasteiger partial charge on any atom is -0.352 e. The molecule has 15 heavy (non-hydrogen) atoms. The van der Waals surface area contributed by atoms with E-state index in [4.69, 9.17) is 0 Å². The summed E-state index contributed by atoms with van der Waals surface area (Å²) in [5.74, 6) is -0.00189. The van der Waals surface area contributed by atoms with Gasteiger partial charge in [0.1, 0.15) is 0 Å². The van der Waals surface area contributed by atoms with Crippen LogP contribution < -0.4 is 5.32 Å². The highest BCUT2D eigenvalue weighted by Crippen LogP contribution is 2.21. The Hall–Kier alpha value is -1.31. The molecule has 1 rings (SSSR count). The first-order valence-corrected chi connectivity index (χ1v) is 5.34. The number of amides is 1. The molecule has 0 saturated carbocycles. The normalized spacial score (nSPS) is 11.2. The lowest BCUT2D eigenvalue weighted by Crippen LogP contribution is -2.22. The molecule has 0 bridgehead atoms. The van der Waals surface area contributed by atoms with Crippen LogP contribution in [0, 0.1) is 0 Å². The van der Waals surface area contributed by atoms with Gasteiger partial charge >= 0.3 is 0 Å². The second-order valence-electron chi connectivity index (χ2n) is 4.69. The molecule has 0 heterocycles. The van der Waals surface area contributed by atoms with E-state index in [9.17, 15) is 4.79 Å². The van der Waals surface area contributed by atoms with Crippen LogP contribution in [0.3, 0.4) is 0 Å². The summed E-state index contributed by atoms with van der Waals surface area (Å²) in [7, 11) is 0. The predicted octanol–water partition coefficient (Wildman–Crippen LogP) is 2.73. The van der Waals surface area contributed by atoms with Crippen molar-refractivity contribution in [1.29, 1.82) is 0 Å². The average Bonchev–Trinajstić information content (AvgIpc) is 2.17. The summed E-state index contributed by atoms with van der Waals surface area (Å²) < 4.78 is 0. The van der Waals surface area contributed by atoms with Crippen LogP contribution in [0.4, 0.5) is 0 Å². The minimum atomic E-state index is -0.00189. The molecule has 0 aromatic heterocycles. The smallest absolute Gasteiger partial charge is 0.251 e. The molecule has 0 aliphatic heterocycles. The summed E-state index contributed by atoms with van der Waals surface area (Å²) in [6, 6.07) is 7.80. The molecule has 0 atom stereocenters. The lowest BCUT2D eigenvalue weighted by molar-refractivity contribution is 0.0956. The van der Waals surface area contributed by atoms with Gasteiger partial charge in [-0.15, -0.1) is 0 Å². The molecule has 1 amide bonds. The zero-order valence-corrected chi connectivity index (χ0v) is 9.92. The Morgan fingerprint density at radius 3 is 2.13 bits per heavy atom. The van der Waals surface area contributed by atoms with Crippen molar-refractivity contribution in [1.82, 2.24) is 5.32 Å². The van der Waals surface area contributed by atoms with E-state index < -0.39 is 0 Å². The summed E-state index contributed by atoms with van der Waals surface area (Å²) in [4.78, 5) is 11.5. The predicted molar refractivity (Wildman–Crippen MR) is 63.1 cm³/mol. The molecule has 1 N–H and O–H groups in total. The first kappa shape index (κ1) is 11.8. The van der Waals surface area contributed by atoms with E-state index >= 15 is 0 Å². The van der Waals surface area contributed by atoms with Crippen molar-refractivity contribution in [2.24, 2.45) is 0 Å². The molecule has 82 valence electrons. The van der Waals surface area contributed by atoms with Crippen LogP contribution in [0.5, 0.6) is 0 Å². The highest BCUT2D eigenvalue weighted by molar-refractivity contribution is 5.94. The Balaban J connectivity index is 2.86. The van der Waals surface area contributed by atoms with Crippen LogP contribution in [-0.2, 0) is 5.41 Å². The Morgan fingerprint density at radius 1 is 1.20 bits per heavy atom. The van der Waals surface area contributed by atoms with Gasteiger partial charge < -0.3 is 5.32 Å². The van der Waals surface area contributed by atoms with Crippen molar-refractivity contribution < 1.29 is 4.79 Å². The SMILES string of the molecule is CCNC(=O)c1ccc(C(C)(C)C)cc1. The van der Waals surface area contributed by atoms with Crippen molar-refractivity contribution in [2.75, 3.05) is 6.54 Å². The summed E-state index contributed by atoms with van der Waals surface area (Å²) in [5.41, 5.74) is 2.11. The number of carbonyl (C=O) groups excluding carboxylic acids is 1. The van der Waals surface area contributed by atoms with Gasteiger partial charge in [0.15, 0.2) is 0 Å². The fraction of sp³-hybridized carbons (Fsp3) is 0.462. The largest absolute Gasteiger partial charge is 0.352 e. The van der Waals surface area contributed by atoms with Crippen LogP contribution >= 0.6 is 0 Å². The average molecular weight is 205 g/mol. The highest BCUT2D eigenvalue weighted by atomic mass is 16.1. The van der Waals surface area contributed by atoms with E-state index in [-0.39, 0.29) is 11.3 Å². The summed E-state index contributed by atoms with van der Waals surface area (Å²) in [6.45, 7) is 9.07. The van der Waals surface area contributed by atoms with Crippen LogP contribution in [-0.4, -0.2) is 12.5 Å². The lowest BCUT2D eigenvalue weighted by atomic mass is 9.87. The van der Waals surface area contributed by atoms with Crippen molar-refractivity contribution in [2.45, 2.75) is 33.1 Å². The Bertz CT molecular complexity index is 333. The van der Waals surface area contributed by atoms with E-state index in [0.29, 0.717) is 6.54 Å². The van der Waals surface area contributed by atoms with E-state index in [0.717, 1.165) is 5.56 Å². The minimum absolute atomic E-state index is 0.00189. The van der Waals surface area contributed by atoms with Gasteiger partial charge in [-0.1, -0.05) is 32.9 Å². The monoisotopic (exact) mass is 205 g/mol. The van der Waals surface area contributed by atoms with Gasteiger partial charge in [-0.3, -0.25) is 4.79 Å². The van der Waals surface area contributed by atoms with Gasteiger partial charge in [0.25, 0.3) is 5.91 Å². The molecule has 0 fully saturated rings. The van der Waals surface area contributed by atoms with Gasteiger partial charge in [-0.25, -0.2) is 0 Å². The van der Waals surface area contributed by atoms with Gasteiger partial charge in [0.05, 0.1) is 0 Å². The molecule has 0 aliphatic carbocycles. The molecule has 1 aromatic carbocycles. The van der Waals surface area contributed by atoms with Crippen LogP contribution in [0.2, 0.25) is 0 Å². The van der Waals surface area contributed by atoms with Crippen LogP contribution in [0.1, 0.15) is 43.6 Å². The second kappa shape index (κ2) is 4.47. The van der Waals surface area contributed by atoms with Gasteiger partial charge in [-0.2, -0.15) is 0 Å². The number of carbonyl (C=O) groups is 1. The lowest BCUT2D eigenvalue weighted by Gasteiger charge is -2.18. The molecular weight excluding hydrogens is 186 g/mol. The standard InChI is InChI=1S/C13H19NO/c1-5-14-12(15)10-6-8-11(9-7-10)13(2,3)4/h6-9H,5H2,1-4H3,(H,14,15). The number of benzene rings is 1. The first-order valence-electron chi connectivity index (χ1n) is 5.34. The van der Waals surface area contributed by atoms with Crippen LogP contribution in [0.25, 0.3) is 0 Å². The molecule has 2 heteroatoms. The van der Waals surface area contributed by atoms with Crippen molar-refractivity contribution >= 4 is 5.91 Å². The van der Waals surface area contributed by atoms with Gasteiger partial charge in [-0.05, 0) is 30.0 Å². The molecule has 1 aromatic rings. The van der Waals surface area contributed by atoms with Crippen molar-refractivity contribution in [3.8, 4) is 0 Å². The zero-order valence-electron chi connectivity index (χ0n) is 9.92. The Morgan fingerprint density at radius 2 is 1.73 bits per heavy atom. The molecular formula is C13H19NO. The third-order valence-corrected chi connectivity index (χ3v) is 2.35. The number of rotatable bonds is 2. The van der Waals surface area contributed by atoms with E-state index in [1.54, 1.807) is 0 Å².